The second-order valence-electron chi connectivity index (χ2n) is 3.77. The van der Waals surface area contributed by atoms with Crippen molar-refractivity contribution in [2.45, 2.75) is 34.6 Å². The molecule has 0 N–H and O–H groups in total. The zero-order chi connectivity index (χ0) is 7.65. The monoisotopic (exact) mass is 144 g/mol. The minimum Gasteiger partial charge on any atom is -0.0888 e. The van der Waals surface area contributed by atoms with Gasteiger partial charge in [0, 0.05) is 4.86 Å². The molecule has 0 atom stereocenters. The summed E-state index contributed by atoms with van der Waals surface area (Å²) in [7, 11) is 0. The Bertz CT molecular complexity index is 106. The van der Waals surface area contributed by atoms with Crippen LogP contribution < -0.4 is 0 Å². The second kappa shape index (κ2) is 2.78. The van der Waals surface area contributed by atoms with Crippen molar-refractivity contribution in [1.82, 2.24) is 0 Å². The average Bonchev–Trinajstić information content (AvgIpc) is 1.62. The maximum absolute atomic E-state index is 5.22. The van der Waals surface area contributed by atoms with Gasteiger partial charge in [-0.15, -0.1) is 0 Å². The zero-order valence-electron chi connectivity index (χ0n) is 6.99. The molecule has 1 heteroatoms. The van der Waals surface area contributed by atoms with Gasteiger partial charge in [0.05, 0.1) is 0 Å². The first-order valence-electron chi connectivity index (χ1n) is 3.40. The second-order valence-corrected chi connectivity index (χ2v) is 4.21. The number of rotatable bonds is 1. The fourth-order valence-electron chi connectivity index (χ4n) is 0.866. The minimum atomic E-state index is 0.212. The van der Waals surface area contributed by atoms with Crippen LogP contribution in [0.25, 0.3) is 0 Å². The van der Waals surface area contributed by atoms with Gasteiger partial charge in [-0.3, -0.25) is 0 Å². The predicted molar refractivity (Wildman–Crippen MR) is 46.9 cm³/mol. The summed E-state index contributed by atoms with van der Waals surface area (Å²) >= 11 is 5.22. The molecule has 0 aromatic carbocycles. The van der Waals surface area contributed by atoms with Crippen molar-refractivity contribution in [3.63, 3.8) is 0 Å². The van der Waals surface area contributed by atoms with Crippen molar-refractivity contribution in [3.05, 3.63) is 0 Å². The van der Waals surface area contributed by atoms with E-state index in [0.29, 0.717) is 5.92 Å². The Balaban J connectivity index is 4.06. The Morgan fingerprint density at radius 1 is 1.22 bits per heavy atom. The van der Waals surface area contributed by atoms with E-state index in [2.05, 4.69) is 34.6 Å². The lowest BCUT2D eigenvalue weighted by molar-refractivity contribution is 0.569. The molecule has 54 valence electrons. The predicted octanol–water partition coefficient (Wildman–Crippen LogP) is 3.06. The van der Waals surface area contributed by atoms with Crippen LogP contribution in [0, 0.1) is 11.3 Å². The van der Waals surface area contributed by atoms with Crippen LogP contribution in [0.1, 0.15) is 34.6 Å². The highest BCUT2D eigenvalue weighted by Crippen LogP contribution is 2.21. The summed E-state index contributed by atoms with van der Waals surface area (Å²) in [6.45, 7) is 10.8. The third kappa shape index (κ3) is 2.95. The molecule has 0 nitrogen and oxygen atoms in total. The third-order valence-electron chi connectivity index (χ3n) is 1.26. The lowest BCUT2D eigenvalue weighted by Gasteiger charge is -2.22. The maximum Gasteiger partial charge on any atom is 0.000737 e. The van der Waals surface area contributed by atoms with E-state index in [9.17, 15) is 0 Å². The largest absolute Gasteiger partial charge is 0.0888 e. The Morgan fingerprint density at radius 3 is 1.56 bits per heavy atom. The van der Waals surface area contributed by atoms with Crippen LogP contribution in [0.15, 0.2) is 0 Å². The molecule has 0 aliphatic carbocycles. The molecule has 0 aliphatic rings. The zero-order valence-corrected chi connectivity index (χ0v) is 7.80. The van der Waals surface area contributed by atoms with Gasteiger partial charge in [0.2, 0.25) is 0 Å². The van der Waals surface area contributed by atoms with Crippen molar-refractivity contribution in [2.75, 3.05) is 0 Å². The fourth-order valence-corrected chi connectivity index (χ4v) is 0.866. The molecule has 0 bridgehead atoms. The van der Waals surface area contributed by atoms with E-state index < -0.39 is 0 Å². The van der Waals surface area contributed by atoms with Crippen LogP contribution in [-0.4, -0.2) is 4.86 Å². The summed E-state index contributed by atoms with van der Waals surface area (Å²) in [4.78, 5) is 1.17. The molecule has 9 heavy (non-hydrogen) atoms. The van der Waals surface area contributed by atoms with Gasteiger partial charge in [-0.25, -0.2) is 0 Å². The molecule has 0 rings (SSSR count). The fraction of sp³-hybridized carbons (Fsp3) is 0.875. The van der Waals surface area contributed by atoms with Crippen LogP contribution in [0.3, 0.4) is 0 Å². The highest BCUT2D eigenvalue weighted by atomic mass is 32.1. The Kier molecular flexibility index (Phi) is 2.81. The van der Waals surface area contributed by atoms with Gasteiger partial charge in [0.15, 0.2) is 0 Å². The molecule has 0 heterocycles. The maximum atomic E-state index is 5.22. The molecule has 0 aliphatic heterocycles. The van der Waals surface area contributed by atoms with Crippen LogP contribution in [-0.2, 0) is 0 Å². The smallest absolute Gasteiger partial charge is 0.000737 e. The summed E-state index contributed by atoms with van der Waals surface area (Å²) in [5, 5.41) is 0. The van der Waals surface area contributed by atoms with Crippen molar-refractivity contribution >= 4 is 17.1 Å². The average molecular weight is 144 g/mol. The molecule has 0 amide bonds. The molecular formula is C8H16S. The number of hydrogen-bond acceptors (Lipinski definition) is 1. The first kappa shape index (κ1) is 9.09. The molecule has 0 aromatic rings. The van der Waals surface area contributed by atoms with E-state index in [4.69, 9.17) is 12.2 Å². The van der Waals surface area contributed by atoms with Crippen LogP contribution in [0.2, 0.25) is 0 Å². The summed E-state index contributed by atoms with van der Waals surface area (Å²) in [6.07, 6.45) is 0. The highest BCUT2D eigenvalue weighted by Gasteiger charge is 2.18. The van der Waals surface area contributed by atoms with Crippen LogP contribution in [0.5, 0.6) is 0 Å². The quantitative estimate of drug-likeness (QED) is 0.510. The Hall–Kier alpha value is 0.0900. The van der Waals surface area contributed by atoms with Gasteiger partial charge in [-0.05, 0) is 11.3 Å². The SMILES string of the molecule is CC(C)C(=S)C(C)(C)C. The standard InChI is InChI=1S/C8H16S/c1-6(2)7(9)8(3,4)5/h6H,1-5H3. The summed E-state index contributed by atoms with van der Waals surface area (Å²) in [5.41, 5.74) is 0.212. The molecule has 0 radical (unpaired) electrons. The van der Waals surface area contributed by atoms with Crippen LogP contribution in [0.4, 0.5) is 0 Å². The molecule has 0 saturated carbocycles. The van der Waals surface area contributed by atoms with Crippen molar-refractivity contribution in [1.29, 1.82) is 0 Å². The highest BCUT2D eigenvalue weighted by molar-refractivity contribution is 7.80. The van der Waals surface area contributed by atoms with Gasteiger partial charge in [-0.1, -0.05) is 46.8 Å². The lowest BCUT2D eigenvalue weighted by Crippen LogP contribution is -2.22. The summed E-state index contributed by atoms with van der Waals surface area (Å²) in [6, 6.07) is 0. The molecule has 0 unspecified atom stereocenters. The van der Waals surface area contributed by atoms with Crippen molar-refractivity contribution in [3.8, 4) is 0 Å². The Morgan fingerprint density at radius 2 is 1.56 bits per heavy atom. The van der Waals surface area contributed by atoms with Gasteiger partial charge in [-0.2, -0.15) is 0 Å². The molecular weight excluding hydrogens is 128 g/mol. The Labute approximate surface area is 63.7 Å². The third-order valence-corrected chi connectivity index (χ3v) is 2.35. The summed E-state index contributed by atoms with van der Waals surface area (Å²) < 4.78 is 0. The summed E-state index contributed by atoms with van der Waals surface area (Å²) in [5.74, 6) is 0.542. The lowest BCUT2D eigenvalue weighted by atomic mass is 9.86. The van der Waals surface area contributed by atoms with E-state index in [1.54, 1.807) is 0 Å². The van der Waals surface area contributed by atoms with Gasteiger partial charge < -0.3 is 0 Å². The van der Waals surface area contributed by atoms with E-state index >= 15 is 0 Å². The van der Waals surface area contributed by atoms with Crippen LogP contribution >= 0.6 is 12.2 Å². The normalized spacial score (nSPS) is 12.2. The molecule has 0 fully saturated rings. The first-order chi connectivity index (χ1) is 3.85. The van der Waals surface area contributed by atoms with E-state index in [1.165, 1.54) is 4.86 Å². The van der Waals surface area contributed by atoms with E-state index in [-0.39, 0.29) is 5.41 Å². The number of hydrogen-bond donors (Lipinski definition) is 0. The molecule has 0 saturated heterocycles. The topological polar surface area (TPSA) is 0 Å². The molecule has 0 spiro atoms. The number of thiocarbonyl (C=S) groups is 1. The van der Waals surface area contributed by atoms with Crippen molar-refractivity contribution < 1.29 is 0 Å². The van der Waals surface area contributed by atoms with Crippen molar-refractivity contribution in [2.24, 2.45) is 11.3 Å². The first-order valence-corrected chi connectivity index (χ1v) is 3.81. The van der Waals surface area contributed by atoms with Gasteiger partial charge in [0.1, 0.15) is 0 Å². The van der Waals surface area contributed by atoms with Gasteiger partial charge >= 0.3 is 0 Å². The van der Waals surface area contributed by atoms with E-state index in [0.717, 1.165) is 0 Å². The van der Waals surface area contributed by atoms with E-state index in [1.807, 2.05) is 0 Å². The van der Waals surface area contributed by atoms with Gasteiger partial charge in [0.25, 0.3) is 0 Å². The molecule has 0 aromatic heterocycles. The minimum absolute atomic E-state index is 0.212.